The number of H-pyrrole nitrogens is 2. The maximum absolute atomic E-state index is 15.2. The van der Waals surface area contributed by atoms with Crippen LogP contribution in [0.25, 0.3) is 55.2 Å². The van der Waals surface area contributed by atoms with Gasteiger partial charge in [-0.25, -0.2) is 9.37 Å². The summed E-state index contributed by atoms with van der Waals surface area (Å²) >= 11 is 0.993. The smallest absolute Gasteiger partial charge is 0.227 e. The van der Waals surface area contributed by atoms with Crippen molar-refractivity contribution in [2.24, 2.45) is 5.92 Å². The van der Waals surface area contributed by atoms with Crippen LogP contribution >= 0.6 is 11.3 Å². The Labute approximate surface area is 224 Å². The summed E-state index contributed by atoms with van der Waals surface area (Å²) in [6.07, 6.45) is 8.78. The molecule has 194 valence electrons. The minimum absolute atomic E-state index is 0.00534. The van der Waals surface area contributed by atoms with E-state index in [-0.39, 0.29) is 22.5 Å². The SMILES string of the molecule is O=C(Nc1cncc(-c2cc(F)c3n[nH]c(-c4nc5c(-c6ccc(F)s6)nccc5[nH]4)c3c2)c1)C1CCCC1. The highest BCUT2D eigenvalue weighted by Gasteiger charge is 2.23. The molecule has 1 saturated carbocycles. The van der Waals surface area contributed by atoms with E-state index >= 15 is 4.39 Å². The Kier molecular flexibility index (Phi) is 5.66. The van der Waals surface area contributed by atoms with E-state index in [4.69, 9.17) is 4.98 Å². The number of pyridine rings is 2. The standard InChI is InChI=1S/C28H21F2N7OS/c29-19-11-15(16-9-17(13-31-12-16)33-28(38)14-3-1-2-4-14)10-18-23(19)36-37-24(18)27-34-20-7-8-32-26(25(20)35-27)21-5-6-22(30)39-21/h5-14H,1-4H2,(H,33,38)(H,34,35)(H,36,37). The number of fused-ring (bicyclic) bond motifs is 2. The lowest BCUT2D eigenvalue weighted by Gasteiger charge is -2.11. The molecule has 0 saturated heterocycles. The Morgan fingerprint density at radius 3 is 2.72 bits per heavy atom. The number of anilines is 1. The molecule has 39 heavy (non-hydrogen) atoms. The molecule has 5 heterocycles. The van der Waals surface area contributed by atoms with Crippen molar-refractivity contribution < 1.29 is 13.6 Å². The molecule has 0 atom stereocenters. The van der Waals surface area contributed by atoms with Crippen molar-refractivity contribution in [1.82, 2.24) is 30.1 Å². The van der Waals surface area contributed by atoms with Gasteiger partial charge in [-0.15, -0.1) is 11.3 Å². The van der Waals surface area contributed by atoms with Gasteiger partial charge in [-0.2, -0.15) is 9.49 Å². The third-order valence-electron chi connectivity index (χ3n) is 7.12. The van der Waals surface area contributed by atoms with E-state index in [1.54, 1.807) is 36.8 Å². The predicted molar refractivity (Wildman–Crippen MR) is 146 cm³/mol. The number of amides is 1. The van der Waals surface area contributed by atoms with E-state index in [0.717, 1.165) is 37.0 Å². The van der Waals surface area contributed by atoms with Gasteiger partial charge in [0.25, 0.3) is 0 Å². The molecule has 1 aliphatic carbocycles. The Bertz CT molecular complexity index is 1870. The molecule has 0 unspecified atom stereocenters. The average Bonchev–Trinajstić information content (AvgIpc) is 3.74. The van der Waals surface area contributed by atoms with Gasteiger partial charge in [0.15, 0.2) is 16.8 Å². The van der Waals surface area contributed by atoms with Crippen LogP contribution in [0, 0.1) is 16.9 Å². The van der Waals surface area contributed by atoms with Crippen molar-refractivity contribution in [1.29, 1.82) is 0 Å². The van der Waals surface area contributed by atoms with Gasteiger partial charge in [0.1, 0.15) is 22.4 Å². The van der Waals surface area contributed by atoms with Crippen LogP contribution in [0.1, 0.15) is 25.7 Å². The molecule has 5 aromatic heterocycles. The van der Waals surface area contributed by atoms with Crippen LogP contribution in [0.2, 0.25) is 0 Å². The third-order valence-corrected chi connectivity index (χ3v) is 8.00. The van der Waals surface area contributed by atoms with Gasteiger partial charge >= 0.3 is 0 Å². The quantitative estimate of drug-likeness (QED) is 0.225. The average molecular weight is 542 g/mol. The summed E-state index contributed by atoms with van der Waals surface area (Å²) in [4.78, 5) is 29.9. The lowest BCUT2D eigenvalue weighted by molar-refractivity contribution is -0.119. The summed E-state index contributed by atoms with van der Waals surface area (Å²) in [5.41, 5.74) is 4.32. The minimum Gasteiger partial charge on any atom is -0.337 e. The highest BCUT2D eigenvalue weighted by Crippen LogP contribution is 2.35. The van der Waals surface area contributed by atoms with Gasteiger partial charge in [-0.1, -0.05) is 12.8 Å². The first kappa shape index (κ1) is 23.6. The van der Waals surface area contributed by atoms with Crippen molar-refractivity contribution in [3.8, 4) is 33.2 Å². The molecular formula is C28H21F2N7OS. The zero-order chi connectivity index (χ0) is 26.5. The molecule has 0 radical (unpaired) electrons. The van der Waals surface area contributed by atoms with Crippen molar-refractivity contribution in [3.63, 3.8) is 0 Å². The molecule has 0 bridgehead atoms. The first-order valence-electron chi connectivity index (χ1n) is 12.6. The lowest BCUT2D eigenvalue weighted by Crippen LogP contribution is -2.20. The Morgan fingerprint density at radius 2 is 1.90 bits per heavy atom. The zero-order valence-electron chi connectivity index (χ0n) is 20.5. The first-order chi connectivity index (χ1) is 19.0. The van der Waals surface area contributed by atoms with Crippen LogP contribution in [0.15, 0.2) is 55.0 Å². The molecular weight excluding hydrogens is 520 g/mol. The number of carbonyl (C=O) groups excluding carboxylic acids is 1. The fraction of sp³-hybridized carbons (Fsp3) is 0.179. The van der Waals surface area contributed by atoms with Crippen LogP contribution in [0.4, 0.5) is 14.5 Å². The number of hydrogen-bond acceptors (Lipinski definition) is 6. The summed E-state index contributed by atoms with van der Waals surface area (Å²) in [5, 5.41) is 10.3. The number of carbonyl (C=O) groups is 1. The normalized spacial score (nSPS) is 14.0. The highest BCUT2D eigenvalue weighted by atomic mass is 32.1. The second kappa shape index (κ2) is 9.35. The summed E-state index contributed by atoms with van der Waals surface area (Å²) in [6.45, 7) is 0. The van der Waals surface area contributed by atoms with E-state index in [1.165, 1.54) is 12.1 Å². The van der Waals surface area contributed by atoms with Crippen molar-refractivity contribution in [3.05, 3.63) is 65.9 Å². The zero-order valence-corrected chi connectivity index (χ0v) is 21.3. The van der Waals surface area contributed by atoms with Gasteiger partial charge in [-0.3, -0.25) is 19.9 Å². The van der Waals surface area contributed by atoms with E-state index < -0.39 is 5.82 Å². The lowest BCUT2D eigenvalue weighted by atomic mass is 10.0. The molecule has 1 fully saturated rings. The molecule has 11 heteroatoms. The Hall–Kier alpha value is -4.51. The molecule has 1 aromatic carbocycles. The van der Waals surface area contributed by atoms with Crippen LogP contribution < -0.4 is 5.32 Å². The topological polar surface area (TPSA) is 112 Å². The van der Waals surface area contributed by atoms with Crippen LogP contribution in [0.3, 0.4) is 0 Å². The summed E-state index contributed by atoms with van der Waals surface area (Å²) in [7, 11) is 0. The number of aromatic amines is 2. The summed E-state index contributed by atoms with van der Waals surface area (Å²) in [6, 6.07) is 9.85. The molecule has 8 nitrogen and oxygen atoms in total. The van der Waals surface area contributed by atoms with Crippen LogP contribution in [-0.2, 0) is 4.79 Å². The number of rotatable bonds is 5. The maximum atomic E-state index is 15.2. The number of thiophene rings is 1. The van der Waals surface area contributed by atoms with E-state index in [0.29, 0.717) is 55.3 Å². The van der Waals surface area contributed by atoms with E-state index in [1.807, 2.05) is 6.07 Å². The van der Waals surface area contributed by atoms with Gasteiger partial charge in [0.05, 0.1) is 22.3 Å². The van der Waals surface area contributed by atoms with Crippen molar-refractivity contribution >= 4 is 44.9 Å². The Morgan fingerprint density at radius 1 is 1.03 bits per heavy atom. The van der Waals surface area contributed by atoms with Gasteiger partial charge in [0, 0.05) is 29.3 Å². The van der Waals surface area contributed by atoms with Crippen molar-refractivity contribution in [2.45, 2.75) is 25.7 Å². The molecule has 1 amide bonds. The number of benzene rings is 1. The molecule has 0 aliphatic heterocycles. The minimum atomic E-state index is -0.502. The number of hydrogen-bond donors (Lipinski definition) is 3. The summed E-state index contributed by atoms with van der Waals surface area (Å²) in [5.74, 6) is -0.0347. The fourth-order valence-electron chi connectivity index (χ4n) is 5.20. The second-order valence-corrected chi connectivity index (χ2v) is 10.7. The van der Waals surface area contributed by atoms with Crippen LogP contribution in [-0.4, -0.2) is 36.0 Å². The molecule has 1 aliphatic rings. The van der Waals surface area contributed by atoms with E-state index in [9.17, 15) is 9.18 Å². The monoisotopic (exact) mass is 541 g/mol. The van der Waals surface area contributed by atoms with Gasteiger partial charge < -0.3 is 10.3 Å². The largest absolute Gasteiger partial charge is 0.337 e. The molecule has 3 N–H and O–H groups in total. The van der Waals surface area contributed by atoms with Gasteiger partial charge in [-0.05, 0) is 54.8 Å². The van der Waals surface area contributed by atoms with Crippen LogP contribution in [0.5, 0.6) is 0 Å². The maximum Gasteiger partial charge on any atom is 0.227 e. The number of halogens is 2. The highest BCUT2D eigenvalue weighted by molar-refractivity contribution is 7.13. The molecule has 6 aromatic rings. The first-order valence-corrected chi connectivity index (χ1v) is 13.4. The van der Waals surface area contributed by atoms with Gasteiger partial charge in [0.2, 0.25) is 5.91 Å². The predicted octanol–water partition coefficient (Wildman–Crippen LogP) is 6.70. The Balaban J connectivity index is 1.27. The fourth-order valence-corrected chi connectivity index (χ4v) is 5.92. The molecule has 7 rings (SSSR count). The number of aromatic nitrogens is 6. The second-order valence-electron chi connectivity index (χ2n) is 9.63. The van der Waals surface area contributed by atoms with Crippen molar-refractivity contribution in [2.75, 3.05) is 5.32 Å². The van der Waals surface area contributed by atoms with E-state index in [2.05, 4.69) is 30.5 Å². The number of nitrogens with zero attached hydrogens (tertiary/aromatic N) is 4. The number of nitrogens with one attached hydrogen (secondary N) is 3. The third kappa shape index (κ3) is 4.24. The summed E-state index contributed by atoms with van der Waals surface area (Å²) < 4.78 is 28.9. The number of imidazole rings is 1. The molecule has 0 spiro atoms.